The van der Waals surface area contributed by atoms with Crippen molar-refractivity contribution in [2.24, 2.45) is 5.92 Å². The summed E-state index contributed by atoms with van der Waals surface area (Å²) in [5.74, 6) is -1.23. The number of halogens is 3. The maximum atomic E-state index is 13.3. The molecule has 1 N–H and O–H groups in total. The number of esters is 2. The van der Waals surface area contributed by atoms with Gasteiger partial charge in [0.2, 0.25) is 0 Å². The molecule has 244 valence electrons. The highest BCUT2D eigenvalue weighted by Crippen LogP contribution is 2.34. The molecule has 47 heavy (non-hydrogen) atoms. The number of hydrogen-bond acceptors (Lipinski definition) is 6. The number of rotatable bonds is 10. The number of carbonyl (C=O) groups excluding carboxylic acids is 3. The Morgan fingerprint density at radius 2 is 1.49 bits per heavy atom. The zero-order chi connectivity index (χ0) is 33.4. The Bertz CT molecular complexity index is 1680. The summed E-state index contributed by atoms with van der Waals surface area (Å²) in [5, 5.41) is 2.90. The second kappa shape index (κ2) is 15.0. The summed E-state index contributed by atoms with van der Waals surface area (Å²) >= 11 is 0. The van der Waals surface area contributed by atoms with Gasteiger partial charge in [0, 0.05) is 36.4 Å². The fraction of sp³-hybridized carbons (Fsp3) is 0.270. The van der Waals surface area contributed by atoms with E-state index in [0.29, 0.717) is 22.4 Å². The van der Waals surface area contributed by atoms with Crippen LogP contribution in [0.5, 0.6) is 0 Å². The van der Waals surface area contributed by atoms with Crippen LogP contribution in [0.15, 0.2) is 97.1 Å². The maximum absolute atomic E-state index is 13.3. The van der Waals surface area contributed by atoms with E-state index in [1.165, 1.54) is 12.1 Å². The van der Waals surface area contributed by atoms with Crippen molar-refractivity contribution in [1.82, 2.24) is 0 Å². The third-order valence-corrected chi connectivity index (χ3v) is 8.17. The van der Waals surface area contributed by atoms with E-state index in [1.54, 1.807) is 24.3 Å². The van der Waals surface area contributed by atoms with Crippen LogP contribution in [0.2, 0.25) is 0 Å². The number of amides is 1. The van der Waals surface area contributed by atoms with Gasteiger partial charge in [-0.3, -0.25) is 9.59 Å². The lowest BCUT2D eigenvalue weighted by Crippen LogP contribution is -2.34. The SMILES string of the molecule is Cc1cccc(C(=O)Nc2ccc(N3CCC(CC(=O)OCC(=O)OCc4ccccc4)CC3)cc2)c1-c1ccc(C(F)(F)F)cc1. The van der Waals surface area contributed by atoms with Gasteiger partial charge in [0.1, 0.15) is 6.61 Å². The van der Waals surface area contributed by atoms with Crippen LogP contribution in [-0.2, 0) is 31.8 Å². The lowest BCUT2D eigenvalue weighted by Gasteiger charge is -2.33. The quantitative estimate of drug-likeness (QED) is 0.177. The molecule has 10 heteroatoms. The van der Waals surface area contributed by atoms with Gasteiger partial charge in [0.05, 0.1) is 5.56 Å². The Morgan fingerprint density at radius 1 is 0.809 bits per heavy atom. The van der Waals surface area contributed by atoms with Crippen molar-refractivity contribution < 1.29 is 37.0 Å². The molecule has 0 atom stereocenters. The van der Waals surface area contributed by atoms with Crippen LogP contribution in [0, 0.1) is 12.8 Å². The Kier molecular flexibility index (Phi) is 10.6. The smallest absolute Gasteiger partial charge is 0.416 e. The minimum Gasteiger partial charge on any atom is -0.458 e. The molecule has 7 nitrogen and oxygen atoms in total. The zero-order valence-corrected chi connectivity index (χ0v) is 25.9. The summed E-state index contributed by atoms with van der Waals surface area (Å²) in [4.78, 5) is 39.8. The van der Waals surface area contributed by atoms with Gasteiger partial charge in [0.25, 0.3) is 5.91 Å². The van der Waals surface area contributed by atoms with E-state index >= 15 is 0 Å². The molecular formula is C37H35F3N2O5. The predicted molar refractivity (Wildman–Crippen MR) is 173 cm³/mol. The van der Waals surface area contributed by atoms with Gasteiger partial charge in [0.15, 0.2) is 6.61 Å². The fourth-order valence-corrected chi connectivity index (χ4v) is 5.63. The van der Waals surface area contributed by atoms with Gasteiger partial charge in [-0.15, -0.1) is 0 Å². The minimum atomic E-state index is -4.44. The summed E-state index contributed by atoms with van der Waals surface area (Å²) < 4.78 is 49.5. The third kappa shape index (κ3) is 9.00. The molecule has 1 aliphatic rings. The number of nitrogens with one attached hydrogen (secondary N) is 1. The van der Waals surface area contributed by atoms with Gasteiger partial charge in [-0.2, -0.15) is 13.2 Å². The first-order valence-corrected chi connectivity index (χ1v) is 15.4. The Balaban J connectivity index is 1.09. The molecule has 4 aromatic rings. The van der Waals surface area contributed by atoms with E-state index in [2.05, 4.69) is 10.2 Å². The molecule has 0 spiro atoms. The third-order valence-electron chi connectivity index (χ3n) is 8.17. The number of nitrogens with zero attached hydrogens (tertiary/aromatic N) is 1. The topological polar surface area (TPSA) is 84.9 Å². The van der Waals surface area contributed by atoms with Crippen molar-refractivity contribution in [2.75, 3.05) is 29.9 Å². The lowest BCUT2D eigenvalue weighted by molar-refractivity contribution is -0.160. The molecule has 1 saturated heterocycles. The summed E-state index contributed by atoms with van der Waals surface area (Å²) in [6.07, 6.45) is -2.64. The molecule has 0 aliphatic carbocycles. The first-order chi connectivity index (χ1) is 22.6. The van der Waals surface area contributed by atoms with Crippen LogP contribution in [-0.4, -0.2) is 37.5 Å². The van der Waals surface area contributed by atoms with Crippen molar-refractivity contribution in [2.45, 2.75) is 39.0 Å². The molecule has 1 fully saturated rings. The van der Waals surface area contributed by atoms with E-state index in [1.807, 2.05) is 55.5 Å². The molecule has 0 bridgehead atoms. The number of alkyl halides is 3. The summed E-state index contributed by atoms with van der Waals surface area (Å²) in [5.41, 5.74) is 3.89. The van der Waals surface area contributed by atoms with Crippen LogP contribution in [0.3, 0.4) is 0 Å². The second-order valence-electron chi connectivity index (χ2n) is 11.5. The van der Waals surface area contributed by atoms with Crippen molar-refractivity contribution in [1.29, 1.82) is 0 Å². The zero-order valence-electron chi connectivity index (χ0n) is 25.9. The fourth-order valence-electron chi connectivity index (χ4n) is 5.63. The molecule has 4 aromatic carbocycles. The average Bonchev–Trinajstić information content (AvgIpc) is 3.07. The number of piperidine rings is 1. The van der Waals surface area contributed by atoms with Gasteiger partial charge >= 0.3 is 18.1 Å². The molecule has 1 heterocycles. The summed E-state index contributed by atoms with van der Waals surface area (Å²) in [7, 11) is 0. The van der Waals surface area contributed by atoms with Crippen molar-refractivity contribution in [3.05, 3.63) is 119 Å². The molecule has 0 unspecified atom stereocenters. The van der Waals surface area contributed by atoms with Gasteiger partial charge in [-0.25, -0.2) is 4.79 Å². The number of carbonyl (C=O) groups is 3. The summed E-state index contributed by atoms with van der Waals surface area (Å²) in [6, 6.07) is 26.7. The Labute approximate surface area is 271 Å². The number of anilines is 2. The summed E-state index contributed by atoms with van der Waals surface area (Å²) in [6.45, 7) is 3.01. The minimum absolute atomic E-state index is 0.128. The molecule has 0 radical (unpaired) electrons. The van der Waals surface area contributed by atoms with E-state index in [4.69, 9.17) is 9.47 Å². The van der Waals surface area contributed by atoms with Crippen molar-refractivity contribution in [3.63, 3.8) is 0 Å². The maximum Gasteiger partial charge on any atom is 0.416 e. The Hall–Kier alpha value is -5.12. The van der Waals surface area contributed by atoms with Crippen LogP contribution in [0.25, 0.3) is 11.1 Å². The number of benzene rings is 4. The molecule has 0 saturated carbocycles. The van der Waals surface area contributed by atoms with Crippen LogP contribution < -0.4 is 10.2 Å². The number of ether oxygens (including phenoxy) is 2. The molecule has 0 aromatic heterocycles. The first kappa shape index (κ1) is 33.2. The van der Waals surface area contributed by atoms with Crippen LogP contribution in [0.4, 0.5) is 24.5 Å². The molecule has 1 aliphatic heterocycles. The van der Waals surface area contributed by atoms with Crippen LogP contribution in [0.1, 0.15) is 46.3 Å². The van der Waals surface area contributed by atoms with Gasteiger partial charge in [-0.1, -0.05) is 54.6 Å². The highest BCUT2D eigenvalue weighted by atomic mass is 19.4. The first-order valence-electron chi connectivity index (χ1n) is 15.4. The second-order valence-corrected chi connectivity index (χ2v) is 11.5. The van der Waals surface area contributed by atoms with E-state index in [9.17, 15) is 27.6 Å². The standard InChI is InChI=1S/C37H35F3N2O5/c1-25-6-5-9-32(35(25)28-10-12-29(13-11-28)37(38,39)40)36(45)41-30-14-16-31(17-15-30)42-20-18-26(19-21-42)22-33(43)47-24-34(44)46-23-27-7-3-2-4-8-27/h2-17,26H,18-24H2,1H3,(H,41,45). The van der Waals surface area contributed by atoms with Gasteiger partial charge < -0.3 is 19.7 Å². The van der Waals surface area contributed by atoms with E-state index in [-0.39, 0.29) is 24.9 Å². The van der Waals surface area contributed by atoms with Crippen molar-refractivity contribution >= 4 is 29.2 Å². The Morgan fingerprint density at radius 3 is 2.15 bits per heavy atom. The monoisotopic (exact) mass is 644 g/mol. The molecule has 1 amide bonds. The molecular weight excluding hydrogens is 609 g/mol. The number of hydrogen-bond donors (Lipinski definition) is 1. The highest BCUT2D eigenvalue weighted by Gasteiger charge is 2.30. The van der Waals surface area contributed by atoms with Gasteiger partial charge in [-0.05, 0) is 90.4 Å². The normalized spacial score (nSPS) is 13.6. The highest BCUT2D eigenvalue weighted by molar-refractivity contribution is 6.09. The lowest BCUT2D eigenvalue weighted by atomic mass is 9.93. The van der Waals surface area contributed by atoms with E-state index < -0.39 is 30.3 Å². The average molecular weight is 645 g/mol. The van der Waals surface area contributed by atoms with Crippen molar-refractivity contribution in [3.8, 4) is 11.1 Å². The largest absolute Gasteiger partial charge is 0.458 e. The van der Waals surface area contributed by atoms with E-state index in [0.717, 1.165) is 54.9 Å². The molecule has 5 rings (SSSR count). The predicted octanol–water partition coefficient (Wildman–Crippen LogP) is 7.83. The number of aryl methyl sites for hydroxylation is 1. The van der Waals surface area contributed by atoms with Crippen LogP contribution >= 0.6 is 0 Å².